The van der Waals surface area contributed by atoms with Gasteiger partial charge in [0.15, 0.2) is 0 Å². The van der Waals surface area contributed by atoms with Crippen molar-refractivity contribution < 1.29 is 16.3 Å². The molecule has 0 fully saturated rings. The van der Waals surface area contributed by atoms with Crippen LogP contribution in [0.2, 0.25) is 9.26 Å². The zero-order valence-electron chi connectivity index (χ0n) is 15.4. The maximum absolute atomic E-state index is 2.99. The number of hydrogen-bond acceptors (Lipinski definition) is 0. The first-order valence-electron chi connectivity index (χ1n) is 9.04. The Balaban J connectivity index is 1.91. The Labute approximate surface area is 152 Å². The van der Waals surface area contributed by atoms with Crippen LogP contribution >= 0.6 is 0 Å². The summed E-state index contributed by atoms with van der Waals surface area (Å²) in [5.41, 5.74) is 9.43. The fourth-order valence-electron chi connectivity index (χ4n) is 5.87. The molecule has 0 nitrogen and oxygen atoms in total. The first kappa shape index (κ1) is 16.8. The molecule has 0 heterocycles. The van der Waals surface area contributed by atoms with E-state index in [0.717, 1.165) is 20.0 Å². The first-order chi connectivity index (χ1) is 11.3. The standard InChI is InChI=1S/2C10H9.2CH3.GeH3.Zr/c2*1-8-6-9-4-2-3-5-10(9)7-8;;;;/h2*2-7H,1H3;3*1H3;. The van der Waals surface area contributed by atoms with Crippen LogP contribution in [0.5, 0.6) is 0 Å². The van der Waals surface area contributed by atoms with E-state index in [4.69, 9.17) is 0 Å². The summed E-state index contributed by atoms with van der Waals surface area (Å²) in [5, 5.41) is 0. The molecule has 0 aliphatic heterocycles. The molecule has 0 aromatic heterocycles. The number of hydrogen-bond donors (Lipinski definition) is 0. The molecule has 4 rings (SSSR count). The van der Waals surface area contributed by atoms with Crippen molar-refractivity contribution in [3.63, 3.8) is 0 Å². The van der Waals surface area contributed by atoms with E-state index >= 15 is 0 Å². The summed E-state index contributed by atoms with van der Waals surface area (Å²) < 4.78 is 6.97. The van der Waals surface area contributed by atoms with E-state index in [-0.39, 0.29) is 0 Å². The Hall–Kier alpha value is -0.654. The second kappa shape index (κ2) is 5.42. The quantitative estimate of drug-likeness (QED) is 0.535. The molecule has 24 heavy (non-hydrogen) atoms. The van der Waals surface area contributed by atoms with E-state index in [1.54, 1.807) is 22.3 Å². The van der Waals surface area contributed by atoms with Gasteiger partial charge in [0.2, 0.25) is 0 Å². The zero-order chi connectivity index (χ0) is 17.1. The van der Waals surface area contributed by atoms with Crippen molar-refractivity contribution >= 4 is 24.9 Å². The van der Waals surface area contributed by atoms with Gasteiger partial charge in [0.05, 0.1) is 0 Å². The minimum absolute atomic E-state index is 0.724. The fourth-order valence-corrected chi connectivity index (χ4v) is 40.9. The Morgan fingerprint density at radius 2 is 1.08 bits per heavy atom. The fraction of sp³-hybridized carbons (Fsp3) is 0.273. The molecule has 2 aromatic carbocycles. The third kappa shape index (κ3) is 2.35. The molecule has 2 aromatic rings. The van der Waals surface area contributed by atoms with Gasteiger partial charge in [0, 0.05) is 0 Å². The molecule has 123 valence electrons. The predicted octanol–water partition coefficient (Wildman–Crippen LogP) is 5.37. The predicted molar refractivity (Wildman–Crippen MR) is 107 cm³/mol. The third-order valence-electron chi connectivity index (χ3n) is 6.36. The molecule has 0 radical (unpaired) electrons. The van der Waals surface area contributed by atoms with Crippen molar-refractivity contribution in [2.45, 2.75) is 30.4 Å². The average molecular weight is 455 g/mol. The summed E-state index contributed by atoms with van der Waals surface area (Å²) in [6.45, 7) is 4.77. The number of fused-ring (bicyclic) bond motifs is 2. The van der Waals surface area contributed by atoms with Crippen LogP contribution in [-0.2, 0) is 16.3 Å². The van der Waals surface area contributed by atoms with E-state index in [2.05, 4.69) is 83.8 Å². The van der Waals surface area contributed by atoms with Gasteiger partial charge in [-0.3, -0.25) is 0 Å². The van der Waals surface area contributed by atoms with Gasteiger partial charge in [-0.05, 0) is 0 Å². The topological polar surface area (TPSA) is 0 Å². The van der Waals surface area contributed by atoms with Crippen LogP contribution in [0, 0.1) is 0 Å². The molecular formula is C22H27GeZr. The van der Waals surface area contributed by atoms with Gasteiger partial charge in [-0.15, -0.1) is 0 Å². The molecule has 2 atom stereocenters. The Morgan fingerprint density at radius 1 is 0.708 bits per heavy atom. The van der Waals surface area contributed by atoms with Crippen LogP contribution in [0.1, 0.15) is 43.4 Å². The van der Waals surface area contributed by atoms with Crippen LogP contribution in [0.4, 0.5) is 0 Å². The summed E-state index contributed by atoms with van der Waals surface area (Å²) in [6, 6.07) is 18.3. The van der Waals surface area contributed by atoms with Gasteiger partial charge in [0.1, 0.15) is 0 Å². The van der Waals surface area contributed by atoms with Crippen molar-refractivity contribution in [2.24, 2.45) is 0 Å². The van der Waals surface area contributed by atoms with E-state index in [0.29, 0.717) is 0 Å². The maximum atomic E-state index is 2.76. The summed E-state index contributed by atoms with van der Waals surface area (Å²) >= 11 is -2.13. The SMILES string of the molecule is CC1=Cc2ccccc2[CH]1[Zr]([CH3])([CH3])([GeH3])[CH]1C(C)=Cc2ccccc21. The van der Waals surface area contributed by atoms with E-state index in [9.17, 15) is 0 Å². The van der Waals surface area contributed by atoms with Gasteiger partial charge in [-0.25, -0.2) is 0 Å². The molecule has 2 unspecified atom stereocenters. The van der Waals surface area contributed by atoms with Crippen LogP contribution in [-0.4, -0.2) is 12.7 Å². The van der Waals surface area contributed by atoms with Crippen LogP contribution in [0.3, 0.4) is 0 Å². The molecule has 0 amide bonds. The van der Waals surface area contributed by atoms with Crippen molar-refractivity contribution in [1.29, 1.82) is 0 Å². The van der Waals surface area contributed by atoms with E-state index < -0.39 is 16.3 Å². The number of allylic oxidation sites excluding steroid dienone is 2. The Kier molecular flexibility index (Phi) is 3.79. The molecule has 0 bridgehead atoms. The molecule has 2 heteroatoms. The summed E-state index contributed by atoms with van der Waals surface area (Å²) in [7, 11) is 0. The van der Waals surface area contributed by atoms with Gasteiger partial charge >= 0.3 is 153 Å². The molecule has 0 saturated heterocycles. The Bertz CT molecular complexity index is 824. The van der Waals surface area contributed by atoms with E-state index in [1.165, 1.54) is 11.1 Å². The van der Waals surface area contributed by atoms with Crippen LogP contribution in [0.25, 0.3) is 12.2 Å². The zero-order valence-corrected chi connectivity index (χ0v) is 22.1. The molecule has 0 spiro atoms. The molecular weight excluding hydrogens is 428 g/mol. The summed E-state index contributed by atoms with van der Waals surface area (Å²) in [6.07, 6.45) is 4.93. The van der Waals surface area contributed by atoms with Crippen molar-refractivity contribution in [3.8, 4) is 0 Å². The van der Waals surface area contributed by atoms with Crippen molar-refractivity contribution in [1.82, 2.24) is 0 Å². The third-order valence-corrected chi connectivity index (χ3v) is 34.6. The van der Waals surface area contributed by atoms with E-state index in [1.807, 2.05) is 0 Å². The summed E-state index contributed by atoms with van der Waals surface area (Å²) in [4.78, 5) is 0. The number of rotatable bonds is 2. The monoisotopic (exact) mass is 455 g/mol. The van der Waals surface area contributed by atoms with Crippen molar-refractivity contribution in [2.75, 3.05) is 0 Å². The van der Waals surface area contributed by atoms with Crippen LogP contribution < -0.4 is 0 Å². The minimum atomic E-state index is -2.99. The van der Waals surface area contributed by atoms with Gasteiger partial charge in [-0.1, -0.05) is 0 Å². The molecule has 2 aliphatic carbocycles. The molecule has 0 N–H and O–H groups in total. The second-order valence-corrected chi connectivity index (χ2v) is 68.0. The van der Waals surface area contributed by atoms with Gasteiger partial charge < -0.3 is 0 Å². The molecule has 2 aliphatic rings. The van der Waals surface area contributed by atoms with Crippen molar-refractivity contribution in [3.05, 3.63) is 81.9 Å². The second-order valence-electron chi connectivity index (χ2n) is 9.30. The molecule has 0 saturated carbocycles. The number of benzene rings is 2. The normalized spacial score (nSPS) is 23.9. The Morgan fingerprint density at radius 3 is 1.50 bits per heavy atom. The average Bonchev–Trinajstić information content (AvgIpc) is 3.02. The first-order valence-corrected chi connectivity index (χ1v) is 31.7. The summed E-state index contributed by atoms with van der Waals surface area (Å²) in [5.74, 6) is 0. The van der Waals surface area contributed by atoms with Crippen LogP contribution in [0.15, 0.2) is 59.7 Å². The van der Waals surface area contributed by atoms with Gasteiger partial charge in [-0.2, -0.15) is 0 Å². The van der Waals surface area contributed by atoms with Gasteiger partial charge in [0.25, 0.3) is 0 Å².